The molecule has 3 aromatic rings. The Bertz CT molecular complexity index is 1200. The lowest BCUT2D eigenvalue weighted by Crippen LogP contribution is -2.23. The molecule has 33 heavy (non-hydrogen) atoms. The van der Waals surface area contributed by atoms with E-state index in [0.717, 1.165) is 16.9 Å². The van der Waals surface area contributed by atoms with Gasteiger partial charge in [0.25, 0.3) is 5.91 Å². The molecule has 0 aliphatic heterocycles. The number of halogens is 3. The highest BCUT2D eigenvalue weighted by Gasteiger charge is 2.13. The van der Waals surface area contributed by atoms with Gasteiger partial charge < -0.3 is 14.8 Å². The van der Waals surface area contributed by atoms with E-state index in [4.69, 9.17) is 21.1 Å². The lowest BCUT2D eigenvalue weighted by atomic mass is 10.1. The molecule has 8 heteroatoms. The van der Waals surface area contributed by atoms with E-state index in [9.17, 15) is 10.1 Å². The molecular weight excluding hydrogens is 572 g/mol. The molecule has 0 bridgehead atoms. The molecule has 0 heterocycles. The molecule has 0 saturated carbocycles. The Hall–Kier alpha value is -2.79. The van der Waals surface area contributed by atoms with Crippen LogP contribution in [0.5, 0.6) is 11.5 Å². The van der Waals surface area contributed by atoms with Crippen LogP contribution in [0.25, 0.3) is 6.08 Å². The van der Waals surface area contributed by atoms with Crippen molar-refractivity contribution in [2.75, 3.05) is 7.11 Å². The molecule has 0 spiro atoms. The molecule has 0 radical (unpaired) electrons. The van der Waals surface area contributed by atoms with Crippen LogP contribution in [0, 0.1) is 11.3 Å². The fourth-order valence-corrected chi connectivity index (χ4v) is 4.54. The van der Waals surface area contributed by atoms with Gasteiger partial charge in [0.1, 0.15) is 29.7 Å². The number of nitriles is 1. The van der Waals surface area contributed by atoms with Crippen LogP contribution in [0.15, 0.2) is 75.2 Å². The smallest absolute Gasteiger partial charge is 0.262 e. The van der Waals surface area contributed by atoms with E-state index in [2.05, 4.69) is 37.2 Å². The number of rotatable bonds is 8. The molecule has 168 valence electrons. The van der Waals surface area contributed by atoms with Gasteiger partial charge in [-0.25, -0.2) is 0 Å². The first-order valence-electron chi connectivity index (χ1n) is 9.79. The molecule has 0 atom stereocenters. The second-order valence-corrected chi connectivity index (χ2v) is 9.01. The van der Waals surface area contributed by atoms with E-state index in [1.807, 2.05) is 48.5 Å². The van der Waals surface area contributed by atoms with E-state index in [1.165, 1.54) is 6.08 Å². The Morgan fingerprint density at radius 2 is 1.79 bits per heavy atom. The molecule has 0 aliphatic carbocycles. The summed E-state index contributed by atoms with van der Waals surface area (Å²) >= 11 is 13.2. The van der Waals surface area contributed by atoms with Gasteiger partial charge in [-0.1, -0.05) is 41.9 Å². The highest BCUT2D eigenvalue weighted by atomic mass is 79.9. The maximum Gasteiger partial charge on any atom is 0.262 e. The second kappa shape index (κ2) is 11.9. The third kappa shape index (κ3) is 6.84. The zero-order chi connectivity index (χ0) is 23.8. The van der Waals surface area contributed by atoms with Crippen LogP contribution < -0.4 is 14.8 Å². The lowest BCUT2D eigenvalue weighted by molar-refractivity contribution is -0.117. The van der Waals surface area contributed by atoms with Crippen molar-refractivity contribution in [3.05, 3.63) is 96.9 Å². The normalized spacial score (nSPS) is 10.9. The maximum atomic E-state index is 12.5. The summed E-state index contributed by atoms with van der Waals surface area (Å²) in [6.07, 6.45) is 1.52. The number of nitrogens with zero attached hydrogens (tertiary/aromatic N) is 1. The number of ether oxygens (including phenoxy) is 2. The van der Waals surface area contributed by atoms with Crippen molar-refractivity contribution in [3.8, 4) is 17.6 Å². The minimum absolute atomic E-state index is 0.00736. The number of hydrogen-bond donors (Lipinski definition) is 1. The minimum Gasteiger partial charge on any atom is -0.497 e. The monoisotopic (exact) mass is 588 g/mol. The molecule has 0 unspecified atom stereocenters. The van der Waals surface area contributed by atoms with Crippen LogP contribution in [0.1, 0.15) is 16.7 Å². The zero-order valence-electron chi connectivity index (χ0n) is 17.6. The third-order valence-electron chi connectivity index (χ3n) is 4.64. The Morgan fingerprint density at radius 3 is 2.39 bits per heavy atom. The first-order valence-corrected chi connectivity index (χ1v) is 11.8. The summed E-state index contributed by atoms with van der Waals surface area (Å²) in [5, 5.41) is 12.9. The summed E-state index contributed by atoms with van der Waals surface area (Å²) in [5.41, 5.74) is 2.41. The van der Waals surface area contributed by atoms with E-state index < -0.39 is 5.91 Å². The SMILES string of the molecule is COc1ccc(CNC(=O)/C(C#N)=C\c2cc(Br)c(OCc3ccccc3Cl)c(Br)c2)cc1. The average Bonchev–Trinajstić information content (AvgIpc) is 2.81. The lowest BCUT2D eigenvalue weighted by Gasteiger charge is -2.12. The molecule has 0 saturated heterocycles. The molecule has 3 aromatic carbocycles. The topological polar surface area (TPSA) is 71.3 Å². The molecule has 3 rings (SSSR count). The number of hydrogen-bond acceptors (Lipinski definition) is 4. The van der Waals surface area contributed by atoms with Crippen LogP contribution in [0.2, 0.25) is 5.02 Å². The van der Waals surface area contributed by atoms with Gasteiger partial charge >= 0.3 is 0 Å². The van der Waals surface area contributed by atoms with Gasteiger partial charge in [-0.05, 0) is 79.4 Å². The second-order valence-electron chi connectivity index (χ2n) is 6.89. The zero-order valence-corrected chi connectivity index (χ0v) is 21.5. The van der Waals surface area contributed by atoms with E-state index in [-0.39, 0.29) is 5.57 Å². The molecule has 0 aliphatic rings. The van der Waals surface area contributed by atoms with Crippen LogP contribution in [0.4, 0.5) is 0 Å². The predicted octanol–water partition coefficient (Wildman–Crippen LogP) is 6.68. The maximum absolute atomic E-state index is 12.5. The molecule has 1 N–H and O–H groups in total. The number of benzene rings is 3. The van der Waals surface area contributed by atoms with Gasteiger partial charge in [0.05, 0.1) is 16.1 Å². The van der Waals surface area contributed by atoms with E-state index in [1.54, 1.807) is 25.3 Å². The van der Waals surface area contributed by atoms with Crippen molar-refractivity contribution in [1.82, 2.24) is 5.32 Å². The van der Waals surface area contributed by atoms with Crippen LogP contribution in [-0.4, -0.2) is 13.0 Å². The first-order chi connectivity index (χ1) is 15.9. The Morgan fingerprint density at radius 1 is 1.12 bits per heavy atom. The van der Waals surface area contributed by atoms with Gasteiger partial charge in [0.15, 0.2) is 0 Å². The van der Waals surface area contributed by atoms with Gasteiger partial charge in [-0.3, -0.25) is 4.79 Å². The average molecular weight is 591 g/mol. The molecule has 0 aromatic heterocycles. The molecular formula is C25H19Br2ClN2O3. The fourth-order valence-electron chi connectivity index (χ4n) is 2.90. The van der Waals surface area contributed by atoms with Crippen molar-refractivity contribution in [3.63, 3.8) is 0 Å². The highest BCUT2D eigenvalue weighted by Crippen LogP contribution is 2.36. The van der Waals surface area contributed by atoms with E-state index >= 15 is 0 Å². The van der Waals surface area contributed by atoms with Crippen molar-refractivity contribution in [2.45, 2.75) is 13.2 Å². The molecule has 0 fully saturated rings. The van der Waals surface area contributed by atoms with Crippen LogP contribution in [0.3, 0.4) is 0 Å². The summed E-state index contributed by atoms with van der Waals surface area (Å²) in [6, 6.07) is 20.3. The summed E-state index contributed by atoms with van der Waals surface area (Å²) in [6.45, 7) is 0.591. The Balaban J connectivity index is 1.70. The highest BCUT2D eigenvalue weighted by molar-refractivity contribution is 9.11. The van der Waals surface area contributed by atoms with Crippen molar-refractivity contribution in [1.29, 1.82) is 5.26 Å². The number of methoxy groups -OCH3 is 1. The van der Waals surface area contributed by atoms with Gasteiger partial charge in [0, 0.05) is 17.1 Å². The van der Waals surface area contributed by atoms with Crippen LogP contribution in [-0.2, 0) is 17.9 Å². The van der Waals surface area contributed by atoms with Gasteiger partial charge in [0.2, 0.25) is 0 Å². The number of amides is 1. The van der Waals surface area contributed by atoms with E-state index in [0.29, 0.717) is 38.4 Å². The van der Waals surface area contributed by atoms with Crippen molar-refractivity contribution >= 4 is 55.4 Å². The summed E-state index contributed by atoms with van der Waals surface area (Å²) in [5.74, 6) is 0.868. The number of carbonyl (C=O) groups excluding carboxylic acids is 1. The first kappa shape index (κ1) is 24.8. The largest absolute Gasteiger partial charge is 0.497 e. The third-order valence-corrected chi connectivity index (χ3v) is 6.19. The molecule has 5 nitrogen and oxygen atoms in total. The number of nitrogens with one attached hydrogen (secondary N) is 1. The van der Waals surface area contributed by atoms with Gasteiger partial charge in [-0.2, -0.15) is 5.26 Å². The van der Waals surface area contributed by atoms with Crippen molar-refractivity contribution in [2.24, 2.45) is 0 Å². The Labute approximate surface area is 214 Å². The number of carbonyl (C=O) groups is 1. The van der Waals surface area contributed by atoms with Crippen LogP contribution >= 0.6 is 43.5 Å². The van der Waals surface area contributed by atoms with Gasteiger partial charge in [-0.15, -0.1) is 0 Å². The van der Waals surface area contributed by atoms with Crippen molar-refractivity contribution < 1.29 is 14.3 Å². The summed E-state index contributed by atoms with van der Waals surface area (Å²) in [7, 11) is 1.59. The quantitative estimate of drug-likeness (QED) is 0.235. The fraction of sp³-hybridized carbons (Fsp3) is 0.120. The minimum atomic E-state index is -0.459. The predicted molar refractivity (Wildman–Crippen MR) is 136 cm³/mol. The Kier molecular flexibility index (Phi) is 8.95. The summed E-state index contributed by atoms with van der Waals surface area (Å²) in [4.78, 5) is 12.5. The molecule has 1 amide bonds. The standard InChI is InChI=1S/C25H19Br2ClN2O3/c1-32-20-8-6-16(7-9-20)14-30-25(31)19(13-29)10-17-11-21(26)24(22(27)12-17)33-15-18-4-2-3-5-23(18)28/h2-12H,14-15H2,1H3,(H,30,31)/b19-10-. The summed E-state index contributed by atoms with van der Waals surface area (Å²) < 4.78 is 12.4.